The molecule has 7 nitrogen and oxygen atoms in total. The molecule has 1 aromatic heterocycles. The van der Waals surface area contributed by atoms with Gasteiger partial charge in [-0.25, -0.2) is 8.42 Å². The molecule has 166 valence electrons. The molecule has 4 rings (SSSR count). The van der Waals surface area contributed by atoms with Crippen molar-refractivity contribution >= 4 is 27.3 Å². The Morgan fingerprint density at radius 1 is 0.758 bits per heavy atom. The number of pyridine rings is 1. The van der Waals surface area contributed by atoms with Crippen LogP contribution in [0.4, 0.5) is 11.4 Å². The Morgan fingerprint density at radius 3 is 2.06 bits per heavy atom. The fourth-order valence-electron chi connectivity index (χ4n) is 3.19. The number of benzene rings is 3. The van der Waals surface area contributed by atoms with Crippen LogP contribution < -0.4 is 15.6 Å². The minimum Gasteiger partial charge on any atom is -0.322 e. The van der Waals surface area contributed by atoms with Crippen LogP contribution in [-0.4, -0.2) is 18.9 Å². The second-order valence-corrected chi connectivity index (χ2v) is 9.00. The highest BCUT2D eigenvalue weighted by Gasteiger charge is 2.14. The van der Waals surface area contributed by atoms with Crippen LogP contribution >= 0.6 is 0 Å². The van der Waals surface area contributed by atoms with E-state index in [4.69, 9.17) is 0 Å². The third-order valence-corrected chi connectivity index (χ3v) is 6.31. The van der Waals surface area contributed by atoms with Crippen molar-refractivity contribution in [3.8, 4) is 0 Å². The van der Waals surface area contributed by atoms with Crippen LogP contribution in [0.2, 0.25) is 0 Å². The van der Waals surface area contributed by atoms with Crippen LogP contribution in [-0.2, 0) is 16.6 Å². The standard InChI is InChI=1S/C25H21N3O4S/c29-24-8-4-5-17-28(24)18-19-9-13-21(14-10-19)26-25(30)20-11-15-22(16-12-20)27-33(31,32)23-6-2-1-3-7-23/h1-17,27H,18H2,(H,26,30). The van der Waals surface area contributed by atoms with Crippen molar-refractivity contribution in [2.75, 3.05) is 10.0 Å². The van der Waals surface area contributed by atoms with Gasteiger partial charge in [0.2, 0.25) is 0 Å². The third-order valence-electron chi connectivity index (χ3n) is 4.92. The van der Waals surface area contributed by atoms with Crippen LogP contribution in [0.25, 0.3) is 0 Å². The normalized spacial score (nSPS) is 11.0. The maximum absolute atomic E-state index is 12.6. The van der Waals surface area contributed by atoms with Gasteiger partial charge in [0.25, 0.3) is 21.5 Å². The largest absolute Gasteiger partial charge is 0.322 e. The van der Waals surface area contributed by atoms with Gasteiger partial charge in [-0.05, 0) is 60.2 Å². The van der Waals surface area contributed by atoms with Crippen LogP contribution in [0.5, 0.6) is 0 Å². The second-order valence-electron chi connectivity index (χ2n) is 7.31. The lowest BCUT2D eigenvalue weighted by Crippen LogP contribution is -2.18. The summed E-state index contributed by atoms with van der Waals surface area (Å²) in [5.74, 6) is -0.320. The van der Waals surface area contributed by atoms with Crippen LogP contribution in [0.3, 0.4) is 0 Å². The molecule has 0 unspecified atom stereocenters. The smallest absolute Gasteiger partial charge is 0.261 e. The lowest BCUT2D eigenvalue weighted by molar-refractivity contribution is 0.102. The molecule has 1 amide bonds. The SMILES string of the molecule is O=C(Nc1ccc(Cn2ccccc2=O)cc1)c1ccc(NS(=O)(=O)c2ccccc2)cc1. The molecule has 0 spiro atoms. The summed E-state index contributed by atoms with van der Waals surface area (Å²) in [7, 11) is -3.70. The van der Waals surface area contributed by atoms with E-state index in [2.05, 4.69) is 10.0 Å². The van der Waals surface area contributed by atoms with Crippen molar-refractivity contribution in [1.82, 2.24) is 4.57 Å². The fourth-order valence-corrected chi connectivity index (χ4v) is 4.27. The highest BCUT2D eigenvalue weighted by Crippen LogP contribution is 2.18. The predicted molar refractivity (Wildman–Crippen MR) is 128 cm³/mol. The summed E-state index contributed by atoms with van der Waals surface area (Å²) in [4.78, 5) is 24.6. The van der Waals surface area contributed by atoms with E-state index in [0.717, 1.165) is 5.56 Å². The highest BCUT2D eigenvalue weighted by atomic mass is 32.2. The lowest BCUT2D eigenvalue weighted by Gasteiger charge is -2.10. The first kappa shape index (κ1) is 22.0. The number of hydrogen-bond donors (Lipinski definition) is 2. The molecule has 8 heteroatoms. The molecule has 4 aromatic rings. The molecule has 0 saturated carbocycles. The van der Waals surface area contributed by atoms with Gasteiger partial charge in [0.15, 0.2) is 0 Å². The zero-order chi connectivity index (χ0) is 23.3. The maximum atomic E-state index is 12.6. The Kier molecular flexibility index (Phi) is 6.37. The number of hydrogen-bond acceptors (Lipinski definition) is 4. The lowest BCUT2D eigenvalue weighted by atomic mass is 10.1. The topological polar surface area (TPSA) is 97.3 Å². The van der Waals surface area contributed by atoms with Gasteiger partial charge in [0.1, 0.15) is 0 Å². The van der Waals surface area contributed by atoms with Gasteiger partial charge in [-0.1, -0.05) is 36.4 Å². The Labute approximate surface area is 191 Å². The number of nitrogens with one attached hydrogen (secondary N) is 2. The van der Waals surface area contributed by atoms with Crippen molar-refractivity contribution in [3.05, 3.63) is 125 Å². The number of sulfonamides is 1. The van der Waals surface area contributed by atoms with E-state index in [1.54, 1.807) is 65.4 Å². The van der Waals surface area contributed by atoms with Gasteiger partial charge in [-0.15, -0.1) is 0 Å². The van der Waals surface area contributed by atoms with Gasteiger partial charge >= 0.3 is 0 Å². The molecule has 0 radical (unpaired) electrons. The molecule has 0 aliphatic rings. The number of carbonyl (C=O) groups is 1. The Hall–Kier alpha value is -4.17. The van der Waals surface area contributed by atoms with Crippen LogP contribution in [0, 0.1) is 0 Å². The van der Waals surface area contributed by atoms with E-state index in [1.165, 1.54) is 30.3 Å². The molecule has 3 aromatic carbocycles. The van der Waals surface area contributed by atoms with Gasteiger partial charge in [0.05, 0.1) is 11.4 Å². The highest BCUT2D eigenvalue weighted by molar-refractivity contribution is 7.92. The summed E-state index contributed by atoms with van der Waals surface area (Å²) in [6.07, 6.45) is 1.72. The van der Waals surface area contributed by atoms with Crippen LogP contribution in [0.15, 0.2) is 113 Å². The molecule has 0 aliphatic heterocycles. The Bertz CT molecular complexity index is 1410. The maximum Gasteiger partial charge on any atom is 0.261 e. The molecule has 33 heavy (non-hydrogen) atoms. The number of aromatic nitrogens is 1. The molecule has 1 heterocycles. The molecule has 0 fully saturated rings. The molecule has 0 saturated heterocycles. The number of nitrogens with zero attached hydrogens (tertiary/aromatic N) is 1. The average Bonchev–Trinajstić information content (AvgIpc) is 2.82. The second kappa shape index (κ2) is 9.54. The van der Waals surface area contributed by atoms with Gasteiger partial charge in [-0.2, -0.15) is 0 Å². The fraction of sp³-hybridized carbons (Fsp3) is 0.0400. The molecule has 0 aliphatic carbocycles. The van der Waals surface area contributed by atoms with E-state index in [0.29, 0.717) is 23.5 Å². The summed E-state index contributed by atoms with van der Waals surface area (Å²) >= 11 is 0. The monoisotopic (exact) mass is 459 g/mol. The van der Waals surface area contributed by atoms with Gasteiger partial charge < -0.3 is 9.88 Å². The first-order valence-corrected chi connectivity index (χ1v) is 11.6. The van der Waals surface area contributed by atoms with E-state index >= 15 is 0 Å². The van der Waals surface area contributed by atoms with Crippen LogP contribution in [0.1, 0.15) is 15.9 Å². The number of amides is 1. The number of carbonyl (C=O) groups excluding carboxylic acids is 1. The van der Waals surface area contributed by atoms with Gasteiger partial charge in [-0.3, -0.25) is 14.3 Å². The Balaban J connectivity index is 1.38. The molecular weight excluding hydrogens is 438 g/mol. The number of rotatable bonds is 7. The average molecular weight is 460 g/mol. The van der Waals surface area contributed by atoms with Crippen molar-refractivity contribution in [1.29, 1.82) is 0 Å². The number of anilines is 2. The quantitative estimate of drug-likeness (QED) is 0.437. The first-order chi connectivity index (χ1) is 15.9. The van der Waals surface area contributed by atoms with E-state index in [1.807, 2.05) is 12.1 Å². The van der Waals surface area contributed by atoms with Crippen molar-refractivity contribution < 1.29 is 13.2 Å². The predicted octanol–water partition coefficient (Wildman–Crippen LogP) is 3.95. The Morgan fingerprint density at radius 2 is 1.39 bits per heavy atom. The summed E-state index contributed by atoms with van der Waals surface area (Å²) in [5, 5.41) is 2.81. The third kappa shape index (κ3) is 5.55. The first-order valence-electron chi connectivity index (χ1n) is 10.1. The van der Waals surface area contributed by atoms with E-state index < -0.39 is 10.0 Å². The van der Waals surface area contributed by atoms with Crippen molar-refractivity contribution in [2.45, 2.75) is 11.4 Å². The summed E-state index contributed by atoms with van der Waals surface area (Å²) in [5.41, 5.74) is 2.20. The van der Waals surface area contributed by atoms with E-state index in [-0.39, 0.29) is 16.4 Å². The van der Waals surface area contributed by atoms with Crippen molar-refractivity contribution in [3.63, 3.8) is 0 Å². The minimum atomic E-state index is -3.70. The zero-order valence-corrected chi connectivity index (χ0v) is 18.3. The van der Waals surface area contributed by atoms with E-state index in [9.17, 15) is 18.0 Å². The van der Waals surface area contributed by atoms with Crippen molar-refractivity contribution in [2.24, 2.45) is 0 Å². The summed E-state index contributed by atoms with van der Waals surface area (Å²) in [6.45, 7) is 0.439. The van der Waals surface area contributed by atoms with Gasteiger partial charge in [0, 0.05) is 29.2 Å². The molecule has 0 atom stereocenters. The molecular formula is C25H21N3O4S. The summed E-state index contributed by atoms with van der Waals surface area (Å²) in [6, 6.07) is 26.5. The zero-order valence-electron chi connectivity index (χ0n) is 17.5. The molecule has 0 bridgehead atoms. The minimum absolute atomic E-state index is 0.0793. The molecule has 2 N–H and O–H groups in total. The summed E-state index contributed by atoms with van der Waals surface area (Å²) < 4.78 is 28.9.